The fourth-order valence-corrected chi connectivity index (χ4v) is 0.129. The largest absolute Gasteiger partial charge is 0.693 e. The number of carbonyl (C=O) groups excluding carboxylic acids is 1. The topological polar surface area (TPSA) is 244 Å². The molecule has 0 aromatic carbocycles. The molecule has 0 heterocycles. The van der Waals surface area contributed by atoms with Gasteiger partial charge < -0.3 is 47.4 Å². The zero-order valence-electron chi connectivity index (χ0n) is 16.1. The van der Waals surface area contributed by atoms with Crippen molar-refractivity contribution in [3.05, 3.63) is 36.9 Å². The molecule has 34 heavy (non-hydrogen) atoms. The van der Waals surface area contributed by atoms with Crippen LogP contribution in [0.2, 0.25) is 0 Å². The maximum absolute atomic E-state index is 9.56. The van der Waals surface area contributed by atoms with Gasteiger partial charge in [-0.05, 0) is 0 Å². The van der Waals surface area contributed by atoms with Crippen molar-refractivity contribution in [1.82, 2.24) is 0 Å². The second-order valence-electron chi connectivity index (χ2n) is 1.80. The molecule has 212 valence electrons. The fraction of sp³-hybridized carbons (Fsp3) is 0.857. The molecular weight excluding hydrogens is 673 g/mol. The molecule has 0 spiro atoms. The van der Waals surface area contributed by atoms with E-state index in [9.17, 15) is 4.79 Å². The average Bonchev–Trinajstić information content (AvgIpc) is 2.51. The Morgan fingerprint density at radius 2 is 0.676 bits per heavy atom. The minimum Gasteiger partial charge on any atom is -0.693 e. The molecule has 8 nitrogen and oxygen atoms in total. The summed E-state index contributed by atoms with van der Waals surface area (Å²) in [6.45, 7) is 0. The molecule has 0 bridgehead atoms. The van der Waals surface area contributed by atoms with E-state index in [2.05, 4.69) is 140 Å². The van der Waals surface area contributed by atoms with Crippen LogP contribution in [0.3, 0.4) is 0 Å². The van der Waals surface area contributed by atoms with E-state index in [1.54, 1.807) is 0 Å². The van der Waals surface area contributed by atoms with Gasteiger partial charge in [0.15, 0.2) is 0 Å². The van der Waals surface area contributed by atoms with Gasteiger partial charge in [0.1, 0.15) is 6.29 Å². The molecule has 0 amide bonds. The van der Waals surface area contributed by atoms with Gasteiger partial charge in [-0.3, -0.25) is 0 Å². The van der Waals surface area contributed by atoms with Crippen molar-refractivity contribution < 1.29 is 4.79 Å². The van der Waals surface area contributed by atoms with Gasteiger partial charge in [-0.15, -0.1) is 0 Å². The monoisotopic (exact) mass is 721 g/mol. The second-order valence-corrected chi connectivity index (χ2v) is 8.70. The van der Waals surface area contributed by atoms with E-state index >= 15 is 0 Å². The van der Waals surface area contributed by atoms with Crippen molar-refractivity contribution >= 4 is 181 Å². The first-order chi connectivity index (χ1) is 11.3. The van der Waals surface area contributed by atoms with E-state index in [4.69, 9.17) is 5.73 Å². The van der Waals surface area contributed by atoms with Crippen LogP contribution in [-0.2, 0) is 4.79 Å². The number of hydrogen-bond acceptors (Lipinski definition) is 9. The number of hydrogen-bond donors (Lipinski definition) is 2. The van der Waals surface area contributed by atoms with E-state index < -0.39 is 0 Å². The predicted molar refractivity (Wildman–Crippen MR) is 225 cm³/mol. The molecule has 0 saturated carbocycles. The molecule has 0 saturated heterocycles. The summed E-state index contributed by atoms with van der Waals surface area (Å²) in [7, 11) is 13.6. The van der Waals surface area contributed by atoms with E-state index in [0.717, 1.165) is 0 Å². The quantitative estimate of drug-likeness (QED) is 0.120. The third kappa shape index (κ3) is 686. The summed E-state index contributed by atoms with van der Waals surface area (Å²) in [5, 5.41) is 0. The molecule has 0 aliphatic carbocycles. The van der Waals surface area contributed by atoms with Crippen molar-refractivity contribution in [1.29, 1.82) is 0 Å². The van der Waals surface area contributed by atoms with Crippen molar-refractivity contribution in [3.8, 4) is 0 Å². The predicted octanol–water partition coefficient (Wildman–Crippen LogP) is 9.85. The first-order valence-electron chi connectivity index (χ1n) is 5.04. The molecule has 0 aliphatic rings. The normalized spacial score (nSPS) is 4.00. The summed E-state index contributed by atoms with van der Waals surface area (Å²) in [5.74, 6) is 9.43. The molecule has 0 fully saturated rings. The SMILES string of the molecule is C.C.C.C.N[C@H](C=O)CS.PB=S.PB=S.PB=S.PB=S.PB=S.PB=S.[NH2-].[NH2-].[NH2-].[NH2-].[NH2-].[NH2-]. The van der Waals surface area contributed by atoms with Crippen LogP contribution in [0.15, 0.2) is 0 Å². The Labute approximate surface area is 267 Å². The molecule has 6 unspecified atom stereocenters. The van der Waals surface area contributed by atoms with Crippen LogP contribution in [0.5, 0.6) is 0 Å². The van der Waals surface area contributed by atoms with Gasteiger partial charge in [0, 0.05) is 5.75 Å². The smallest absolute Gasteiger partial charge is 0.693 e. The van der Waals surface area contributed by atoms with E-state index in [-0.39, 0.29) is 72.7 Å². The number of aldehydes is 1. The number of thiol groups is 1. The van der Waals surface area contributed by atoms with E-state index in [1.807, 2.05) is 0 Å². The standard InChI is InChI=1S/C3H7NOS.4CH4.6BH2PS.6H2N/c4-3(1-5)2-6;;;;;6*2-1-3;;;;;;/h1,3,6H,2,4H2;4*1H4;6*2H2;6*1H2/q;;;;;;;;;;;6*-1/t3-;;;;;;;;;;;;;;;;/m1................/s1. The summed E-state index contributed by atoms with van der Waals surface area (Å²) in [5.41, 5.74) is 5.03. The molecule has 0 rings (SSSR count). The molecule has 0 aromatic heterocycles. The van der Waals surface area contributed by atoms with Gasteiger partial charge in [-0.2, -0.15) is 12.6 Å². The van der Waals surface area contributed by atoms with Gasteiger partial charge in [0.05, 0.1) is 6.04 Å². The number of rotatable bonds is 2. The van der Waals surface area contributed by atoms with Crippen molar-refractivity contribution in [2.24, 2.45) is 5.73 Å². The Kier molecular flexibility index (Phi) is 738. The molecule has 14 N–H and O–H groups in total. The summed E-state index contributed by atoms with van der Waals surface area (Å²) >= 11 is 29.1. The zero-order chi connectivity index (χ0) is 21.2. The van der Waals surface area contributed by atoms with Gasteiger partial charge in [0.25, 0.3) is 0 Å². The van der Waals surface area contributed by atoms with E-state index in [0.29, 0.717) is 12.0 Å². The summed E-state index contributed by atoms with van der Waals surface area (Å²) in [6, 6.07) is -0.381. The number of carbonyl (C=O) groups is 1. The molecule has 7 atom stereocenters. The van der Waals surface area contributed by atoms with Gasteiger partial charge >= 0.3 is 162 Å². The molecular formula is C7H47B6N7OP6S7-6. The molecule has 0 aliphatic heterocycles. The fourth-order valence-electron chi connectivity index (χ4n) is 0.0430. The first-order valence-corrected chi connectivity index (χ1v) is 12.5. The van der Waals surface area contributed by atoms with Crippen LogP contribution in [0.4, 0.5) is 0 Å². The van der Waals surface area contributed by atoms with Crippen LogP contribution >= 0.6 is 140 Å². The molecule has 0 radical (unpaired) electrons. The Morgan fingerprint density at radius 1 is 0.588 bits per heavy atom. The third-order valence-electron chi connectivity index (χ3n) is 0.386. The van der Waals surface area contributed by atoms with Crippen LogP contribution in [-0.4, -0.2) is 53.3 Å². The Hall–Kier alpha value is 4.03. The van der Waals surface area contributed by atoms with Gasteiger partial charge in [0.2, 0.25) is 0 Å². The summed E-state index contributed by atoms with van der Waals surface area (Å²) < 4.78 is 0. The summed E-state index contributed by atoms with van der Waals surface area (Å²) in [6.07, 6.45) is 0.674. The minimum absolute atomic E-state index is 0. The van der Waals surface area contributed by atoms with Gasteiger partial charge in [-0.25, -0.2) is 0 Å². The van der Waals surface area contributed by atoms with E-state index in [1.165, 1.54) is 35.2 Å². The van der Waals surface area contributed by atoms with Crippen molar-refractivity contribution in [3.63, 3.8) is 0 Å². The third-order valence-corrected chi connectivity index (χ3v) is 0.807. The van der Waals surface area contributed by atoms with Gasteiger partial charge in [-0.1, -0.05) is 29.7 Å². The molecule has 0 aromatic rings. The Bertz CT molecular complexity index is 255. The first kappa shape index (κ1) is 118. The van der Waals surface area contributed by atoms with Crippen molar-refractivity contribution in [2.75, 3.05) is 5.75 Å². The zero-order valence-corrected chi connectivity index (χ0v) is 28.9. The maximum atomic E-state index is 9.56. The second kappa shape index (κ2) is 213. The van der Waals surface area contributed by atoms with Crippen LogP contribution in [0.1, 0.15) is 29.7 Å². The minimum atomic E-state index is -0.381. The van der Waals surface area contributed by atoms with Crippen LogP contribution < -0.4 is 5.73 Å². The average molecular weight is 721 g/mol. The van der Waals surface area contributed by atoms with Crippen LogP contribution in [0.25, 0.3) is 36.9 Å². The van der Waals surface area contributed by atoms with Crippen LogP contribution in [0, 0.1) is 0 Å². The molecule has 27 heteroatoms. The Balaban J connectivity index is -0.00000000641. The Morgan fingerprint density at radius 3 is 0.676 bits per heavy atom. The maximum Gasteiger partial charge on any atom is -0.693 e. The van der Waals surface area contributed by atoms with Crippen molar-refractivity contribution in [2.45, 2.75) is 35.7 Å². The number of nitrogens with two attached hydrogens (primary N) is 7. The summed E-state index contributed by atoms with van der Waals surface area (Å²) in [4.78, 5) is 9.56.